The number of nitrogens with one attached hydrogen (secondary N) is 4. The highest BCUT2D eigenvalue weighted by Crippen LogP contribution is 2.36. The highest BCUT2D eigenvalue weighted by Gasteiger charge is 2.37. The van der Waals surface area contributed by atoms with Gasteiger partial charge in [-0.25, -0.2) is 9.59 Å². The number of Topliss-reactive ketones (excluding diaryl/α,β-unsaturated/α-hetero) is 1. The number of fused-ring (bicyclic) bond motifs is 1. The number of para-hydroxylation sites is 1. The highest BCUT2D eigenvalue weighted by atomic mass is 16.6. The molecule has 2 aromatic rings. The molecule has 2 aliphatic heterocycles. The van der Waals surface area contributed by atoms with E-state index in [9.17, 15) is 28.8 Å². The fourth-order valence-electron chi connectivity index (χ4n) is 5.74. The van der Waals surface area contributed by atoms with Crippen molar-refractivity contribution in [3.63, 3.8) is 0 Å². The molecule has 1 aromatic heterocycles. The van der Waals surface area contributed by atoms with Crippen LogP contribution in [0, 0.1) is 11.8 Å². The van der Waals surface area contributed by atoms with Crippen LogP contribution in [-0.4, -0.2) is 71.4 Å². The Morgan fingerprint density at radius 3 is 2.39 bits per heavy atom. The molecule has 0 aliphatic carbocycles. The fourth-order valence-corrected chi connectivity index (χ4v) is 5.74. The van der Waals surface area contributed by atoms with Crippen LogP contribution in [0.1, 0.15) is 77.7 Å². The van der Waals surface area contributed by atoms with E-state index >= 15 is 0 Å². The van der Waals surface area contributed by atoms with Crippen LogP contribution in [0.15, 0.2) is 48.7 Å². The van der Waals surface area contributed by atoms with Crippen molar-refractivity contribution in [2.24, 2.45) is 11.8 Å². The van der Waals surface area contributed by atoms with Crippen LogP contribution < -0.4 is 26.2 Å². The van der Waals surface area contributed by atoms with Gasteiger partial charge < -0.3 is 30.7 Å². The number of pyridine rings is 1. The van der Waals surface area contributed by atoms with Crippen molar-refractivity contribution in [2.45, 2.75) is 90.6 Å². The van der Waals surface area contributed by atoms with Gasteiger partial charge in [-0.05, 0) is 64.2 Å². The van der Waals surface area contributed by atoms with Crippen LogP contribution in [0.2, 0.25) is 0 Å². The first kappa shape index (κ1) is 36.8. The minimum absolute atomic E-state index is 0.000799. The van der Waals surface area contributed by atoms with Gasteiger partial charge in [-0.1, -0.05) is 38.1 Å². The summed E-state index contributed by atoms with van der Waals surface area (Å²) < 4.78 is 11.4. The Hall–Kier alpha value is -5.01. The summed E-state index contributed by atoms with van der Waals surface area (Å²) in [4.78, 5) is 84.1. The molecule has 4 rings (SSSR count). The lowest BCUT2D eigenvalue weighted by Crippen LogP contribution is -2.55. The molecule has 0 radical (unpaired) electrons. The molecule has 1 saturated heterocycles. The molecule has 2 aliphatic rings. The molecular weight excluding hydrogens is 632 g/mol. The number of ketones is 1. The summed E-state index contributed by atoms with van der Waals surface area (Å²) in [7, 11) is 0. The van der Waals surface area contributed by atoms with Gasteiger partial charge in [0.25, 0.3) is 5.91 Å². The highest BCUT2D eigenvalue weighted by molar-refractivity contribution is 6.38. The third-order valence-electron chi connectivity index (χ3n) is 8.06. The van der Waals surface area contributed by atoms with Crippen molar-refractivity contribution in [1.82, 2.24) is 26.3 Å². The number of benzene rings is 1. The quantitative estimate of drug-likeness (QED) is 0.245. The molecule has 14 nitrogen and oxygen atoms in total. The second-order valence-corrected chi connectivity index (χ2v) is 13.6. The van der Waals surface area contributed by atoms with Gasteiger partial charge >= 0.3 is 12.2 Å². The van der Waals surface area contributed by atoms with E-state index in [1.54, 1.807) is 69.4 Å². The van der Waals surface area contributed by atoms with Gasteiger partial charge in [0.1, 0.15) is 17.7 Å². The lowest BCUT2D eigenvalue weighted by molar-refractivity contribution is -0.141. The van der Waals surface area contributed by atoms with Crippen LogP contribution in [0.3, 0.4) is 0 Å². The maximum Gasteiger partial charge on any atom is 0.414 e. The molecule has 4 unspecified atom stereocenters. The standard InChI is InChI=1S/C35H46N6O8/c1-21(2)18-26(40-33(46)48-28-14-17-41(34(47)49-35(3,4)5)27-12-7-6-11-24(27)28)31(44)39-25(19-22-13-16-37-30(22)43)29(42)32(45)38-20-23-10-8-9-15-36-23/h6-12,15,21-22,25-26,28H,13-14,16-20H2,1-5H3,(H,37,43)(H,38,45)(H,39,44)(H,40,46). The van der Waals surface area contributed by atoms with Crippen LogP contribution in [0.4, 0.5) is 15.3 Å². The summed E-state index contributed by atoms with van der Waals surface area (Å²) in [6.07, 6.45) is 0.323. The minimum Gasteiger partial charge on any atom is -0.443 e. The molecule has 4 N–H and O–H groups in total. The lowest BCUT2D eigenvalue weighted by atomic mass is 9.94. The second kappa shape index (κ2) is 16.4. The zero-order chi connectivity index (χ0) is 35.7. The first-order valence-corrected chi connectivity index (χ1v) is 16.6. The van der Waals surface area contributed by atoms with Crippen molar-refractivity contribution in [1.29, 1.82) is 0 Å². The molecule has 264 valence electrons. The Morgan fingerprint density at radius 2 is 1.73 bits per heavy atom. The summed E-state index contributed by atoms with van der Waals surface area (Å²) in [5.74, 6) is -3.43. The molecular formula is C35H46N6O8. The van der Waals surface area contributed by atoms with E-state index in [0.717, 1.165) is 0 Å². The summed E-state index contributed by atoms with van der Waals surface area (Å²) in [6, 6.07) is 9.78. The molecule has 5 amide bonds. The number of hydrogen-bond acceptors (Lipinski definition) is 9. The number of alkyl carbamates (subject to hydrolysis) is 1. The summed E-state index contributed by atoms with van der Waals surface area (Å²) in [5.41, 5.74) is 1.01. The van der Waals surface area contributed by atoms with Gasteiger partial charge in [-0.15, -0.1) is 0 Å². The van der Waals surface area contributed by atoms with E-state index < -0.39 is 59.5 Å². The molecule has 0 bridgehead atoms. The second-order valence-electron chi connectivity index (χ2n) is 13.6. The molecule has 0 spiro atoms. The monoisotopic (exact) mass is 678 g/mol. The van der Waals surface area contributed by atoms with Crippen molar-refractivity contribution < 1.29 is 38.2 Å². The molecule has 1 aromatic carbocycles. The number of hydrogen-bond donors (Lipinski definition) is 4. The molecule has 1 fully saturated rings. The van der Waals surface area contributed by atoms with Crippen LogP contribution in [0.5, 0.6) is 0 Å². The van der Waals surface area contributed by atoms with Gasteiger partial charge in [-0.2, -0.15) is 0 Å². The number of carbonyl (C=O) groups is 6. The topological polar surface area (TPSA) is 185 Å². The van der Waals surface area contributed by atoms with E-state index in [4.69, 9.17) is 9.47 Å². The lowest BCUT2D eigenvalue weighted by Gasteiger charge is -2.35. The Morgan fingerprint density at radius 1 is 1.00 bits per heavy atom. The van der Waals surface area contributed by atoms with E-state index in [2.05, 4.69) is 26.3 Å². The zero-order valence-corrected chi connectivity index (χ0v) is 28.6. The fraction of sp³-hybridized carbons (Fsp3) is 0.514. The van der Waals surface area contributed by atoms with Crippen LogP contribution >= 0.6 is 0 Å². The number of nitrogens with zero attached hydrogens (tertiary/aromatic N) is 2. The van der Waals surface area contributed by atoms with Crippen molar-refractivity contribution in [2.75, 3.05) is 18.0 Å². The first-order chi connectivity index (χ1) is 23.2. The third-order valence-corrected chi connectivity index (χ3v) is 8.06. The average molecular weight is 679 g/mol. The van der Waals surface area contributed by atoms with E-state index in [-0.39, 0.29) is 37.8 Å². The summed E-state index contributed by atoms with van der Waals surface area (Å²) in [6.45, 7) is 9.74. The number of carbonyl (C=O) groups excluding carboxylic acids is 6. The smallest absolute Gasteiger partial charge is 0.414 e. The molecule has 0 saturated carbocycles. The van der Waals surface area contributed by atoms with E-state index in [0.29, 0.717) is 36.3 Å². The van der Waals surface area contributed by atoms with Crippen molar-refractivity contribution in [3.8, 4) is 0 Å². The van der Waals surface area contributed by atoms with Gasteiger partial charge in [0, 0.05) is 37.2 Å². The largest absolute Gasteiger partial charge is 0.443 e. The van der Waals surface area contributed by atoms with E-state index in [1.165, 1.54) is 4.90 Å². The normalized spacial score (nSPS) is 18.4. The third kappa shape index (κ3) is 10.5. The predicted molar refractivity (Wildman–Crippen MR) is 179 cm³/mol. The van der Waals surface area contributed by atoms with Crippen LogP contribution in [-0.2, 0) is 35.2 Å². The number of rotatable bonds is 12. The number of amides is 5. The van der Waals surface area contributed by atoms with Gasteiger partial charge in [-0.3, -0.25) is 29.1 Å². The maximum absolute atomic E-state index is 13.7. The van der Waals surface area contributed by atoms with Gasteiger partial charge in [0.15, 0.2) is 0 Å². The average Bonchev–Trinajstić information content (AvgIpc) is 3.45. The zero-order valence-electron chi connectivity index (χ0n) is 28.6. The Kier molecular flexibility index (Phi) is 12.3. The Balaban J connectivity index is 1.45. The molecule has 14 heteroatoms. The molecule has 49 heavy (non-hydrogen) atoms. The van der Waals surface area contributed by atoms with Crippen molar-refractivity contribution in [3.05, 3.63) is 59.9 Å². The number of aromatic nitrogens is 1. The van der Waals surface area contributed by atoms with Crippen LogP contribution in [0.25, 0.3) is 0 Å². The number of anilines is 1. The van der Waals surface area contributed by atoms with Crippen molar-refractivity contribution >= 4 is 41.4 Å². The SMILES string of the molecule is CC(C)CC(NC(=O)OC1CCN(C(=O)OC(C)(C)C)c2ccccc21)C(=O)NC(CC1CCNC1=O)C(=O)C(=O)NCc1ccccn1. The number of ether oxygens (including phenoxy) is 2. The minimum atomic E-state index is -1.32. The molecule has 4 atom stereocenters. The maximum atomic E-state index is 13.7. The summed E-state index contributed by atoms with van der Waals surface area (Å²) >= 11 is 0. The molecule has 3 heterocycles. The van der Waals surface area contributed by atoms with E-state index in [1.807, 2.05) is 13.8 Å². The summed E-state index contributed by atoms with van der Waals surface area (Å²) in [5, 5.41) is 10.5. The Bertz CT molecular complexity index is 1530. The Labute approximate surface area is 286 Å². The van der Waals surface area contributed by atoms with Gasteiger partial charge in [0.05, 0.1) is 24.0 Å². The predicted octanol–water partition coefficient (Wildman–Crippen LogP) is 3.31. The van der Waals surface area contributed by atoms with Gasteiger partial charge in [0.2, 0.25) is 17.6 Å². The first-order valence-electron chi connectivity index (χ1n) is 16.6.